The average Bonchev–Trinajstić information content (AvgIpc) is 3.59. The molecule has 0 N–H and O–H groups in total. The molecule has 7 aromatic rings. The normalized spacial score (nSPS) is 12.1. The molecule has 5 aromatic heterocycles. The maximum Gasteiger partial charge on any atom is 0.105 e. The van der Waals surface area contributed by atoms with Gasteiger partial charge in [0.25, 0.3) is 0 Å². The van der Waals surface area contributed by atoms with Crippen molar-refractivity contribution in [2.45, 2.75) is 13.1 Å². The van der Waals surface area contributed by atoms with Crippen LogP contribution in [0.25, 0.3) is 40.9 Å². The summed E-state index contributed by atoms with van der Waals surface area (Å²) in [5.74, 6) is 0. The quantitative estimate of drug-likeness (QED) is 0.254. The monoisotopic (exact) mass is 454 g/mol. The SMILES string of the molecule is c1ccc(Cn2c3ccsc3c3sc4c5ccsc5n(Cc5ccccc5)c4c32)cc1. The smallest absolute Gasteiger partial charge is 0.105 e. The molecule has 7 rings (SSSR count). The zero-order chi connectivity index (χ0) is 20.4. The number of rotatable bonds is 4. The summed E-state index contributed by atoms with van der Waals surface area (Å²) in [5, 5.41) is 5.86. The third kappa shape index (κ3) is 2.61. The standard InChI is InChI=1S/C26H18N2S3/c1-3-7-17(8-4-1)15-27-20-12-14-29-24(20)25-22(27)21-23(31-25)19-11-13-30-26(19)28(21)16-18-9-5-2-6-10-18/h1-14H,15-16H2. The second kappa shape index (κ2) is 6.82. The van der Waals surface area contributed by atoms with Gasteiger partial charge in [-0.25, -0.2) is 0 Å². The Morgan fingerprint density at radius 1 is 0.581 bits per heavy atom. The summed E-state index contributed by atoms with van der Waals surface area (Å²) in [6.45, 7) is 1.80. The molecule has 5 heteroatoms. The number of fused-ring (bicyclic) bond motifs is 7. The molecular formula is C26H18N2S3. The molecule has 150 valence electrons. The molecule has 0 aliphatic carbocycles. The van der Waals surface area contributed by atoms with Gasteiger partial charge in [0.1, 0.15) is 4.83 Å². The topological polar surface area (TPSA) is 9.86 Å². The highest BCUT2D eigenvalue weighted by Crippen LogP contribution is 2.47. The van der Waals surface area contributed by atoms with Crippen molar-refractivity contribution in [3.05, 3.63) is 94.7 Å². The Morgan fingerprint density at radius 2 is 1.23 bits per heavy atom. The Bertz CT molecular complexity index is 1550. The fraction of sp³-hybridized carbons (Fsp3) is 0.0769. The maximum atomic E-state index is 2.55. The number of aromatic nitrogens is 2. The van der Waals surface area contributed by atoms with Crippen LogP contribution in [-0.4, -0.2) is 9.13 Å². The summed E-state index contributed by atoms with van der Waals surface area (Å²) in [5.41, 5.74) is 6.83. The lowest BCUT2D eigenvalue weighted by Crippen LogP contribution is -2.02. The van der Waals surface area contributed by atoms with Gasteiger partial charge in [-0.15, -0.1) is 34.0 Å². The lowest BCUT2D eigenvalue weighted by Gasteiger charge is -2.10. The summed E-state index contributed by atoms with van der Waals surface area (Å²) in [6.07, 6.45) is 0. The molecule has 0 amide bonds. The first kappa shape index (κ1) is 17.8. The number of hydrogen-bond acceptors (Lipinski definition) is 3. The minimum atomic E-state index is 0.896. The minimum Gasteiger partial charge on any atom is -0.333 e. The van der Waals surface area contributed by atoms with Crippen molar-refractivity contribution in [3.63, 3.8) is 0 Å². The lowest BCUT2D eigenvalue weighted by atomic mass is 10.2. The summed E-state index contributed by atoms with van der Waals surface area (Å²) >= 11 is 5.69. The van der Waals surface area contributed by atoms with E-state index in [9.17, 15) is 0 Å². The summed E-state index contributed by atoms with van der Waals surface area (Å²) < 4.78 is 9.37. The maximum absolute atomic E-state index is 2.55. The van der Waals surface area contributed by atoms with Crippen molar-refractivity contribution in [3.8, 4) is 0 Å². The first-order valence-electron chi connectivity index (χ1n) is 10.3. The Balaban J connectivity index is 1.57. The van der Waals surface area contributed by atoms with E-state index in [-0.39, 0.29) is 0 Å². The van der Waals surface area contributed by atoms with Gasteiger partial charge in [-0.1, -0.05) is 60.7 Å². The molecule has 2 nitrogen and oxygen atoms in total. The van der Waals surface area contributed by atoms with Crippen LogP contribution in [0.2, 0.25) is 0 Å². The van der Waals surface area contributed by atoms with E-state index >= 15 is 0 Å². The molecule has 0 bridgehead atoms. The Morgan fingerprint density at radius 3 is 1.97 bits per heavy atom. The fourth-order valence-electron chi connectivity index (χ4n) is 4.69. The summed E-state index contributed by atoms with van der Waals surface area (Å²) in [7, 11) is 0. The highest BCUT2D eigenvalue weighted by molar-refractivity contribution is 7.32. The van der Waals surface area contributed by atoms with Gasteiger partial charge in [0.15, 0.2) is 0 Å². The van der Waals surface area contributed by atoms with Crippen LogP contribution in [-0.2, 0) is 13.1 Å². The zero-order valence-electron chi connectivity index (χ0n) is 16.6. The first-order chi connectivity index (χ1) is 15.4. The van der Waals surface area contributed by atoms with Crippen molar-refractivity contribution in [2.75, 3.05) is 0 Å². The van der Waals surface area contributed by atoms with Crippen LogP contribution in [0.4, 0.5) is 0 Å². The average molecular weight is 455 g/mol. The third-order valence-electron chi connectivity index (χ3n) is 6.04. The number of thiophene rings is 3. The molecule has 31 heavy (non-hydrogen) atoms. The molecule has 5 heterocycles. The molecule has 0 saturated heterocycles. The van der Waals surface area contributed by atoms with Gasteiger partial charge in [-0.05, 0) is 34.0 Å². The van der Waals surface area contributed by atoms with Crippen molar-refractivity contribution >= 4 is 74.9 Å². The molecule has 0 aliphatic heterocycles. The molecule has 0 saturated carbocycles. The highest BCUT2D eigenvalue weighted by Gasteiger charge is 2.23. The number of benzene rings is 2. The molecule has 0 unspecified atom stereocenters. The predicted octanol–water partition coefficient (Wildman–Crippen LogP) is 8.18. The Kier molecular flexibility index (Phi) is 3.91. The van der Waals surface area contributed by atoms with Crippen LogP contribution in [0.1, 0.15) is 11.1 Å². The first-order valence-corrected chi connectivity index (χ1v) is 12.9. The largest absolute Gasteiger partial charge is 0.333 e. The Hall–Kier alpha value is -2.86. The van der Waals surface area contributed by atoms with E-state index in [2.05, 4.69) is 92.7 Å². The third-order valence-corrected chi connectivity index (χ3v) is 9.25. The number of nitrogens with zero attached hydrogens (tertiary/aromatic N) is 2. The van der Waals surface area contributed by atoms with Gasteiger partial charge in [-0.2, -0.15) is 0 Å². The summed E-state index contributed by atoms with van der Waals surface area (Å²) in [4.78, 5) is 1.38. The van der Waals surface area contributed by atoms with Gasteiger partial charge in [-0.3, -0.25) is 0 Å². The van der Waals surface area contributed by atoms with Gasteiger partial charge in [0, 0.05) is 18.5 Å². The van der Waals surface area contributed by atoms with Gasteiger partial charge in [0.05, 0.1) is 30.6 Å². The van der Waals surface area contributed by atoms with Crippen LogP contribution < -0.4 is 0 Å². The molecule has 0 fully saturated rings. The van der Waals surface area contributed by atoms with Crippen LogP contribution in [0.15, 0.2) is 83.6 Å². The van der Waals surface area contributed by atoms with Crippen molar-refractivity contribution in [1.82, 2.24) is 9.13 Å². The van der Waals surface area contributed by atoms with E-state index in [4.69, 9.17) is 0 Å². The molecule has 0 atom stereocenters. The second-order valence-electron chi connectivity index (χ2n) is 7.88. The van der Waals surface area contributed by atoms with Gasteiger partial charge >= 0.3 is 0 Å². The van der Waals surface area contributed by atoms with Crippen molar-refractivity contribution < 1.29 is 0 Å². The van der Waals surface area contributed by atoms with E-state index < -0.39 is 0 Å². The molecule has 0 aliphatic rings. The zero-order valence-corrected chi connectivity index (χ0v) is 19.1. The van der Waals surface area contributed by atoms with Crippen molar-refractivity contribution in [2.24, 2.45) is 0 Å². The molecule has 2 aromatic carbocycles. The van der Waals surface area contributed by atoms with Crippen LogP contribution in [0, 0.1) is 0 Å². The Labute approximate surface area is 191 Å². The summed E-state index contributed by atoms with van der Waals surface area (Å²) in [6, 6.07) is 26.3. The predicted molar refractivity (Wildman–Crippen MR) is 137 cm³/mol. The van der Waals surface area contributed by atoms with E-state index in [1.165, 1.54) is 52.0 Å². The van der Waals surface area contributed by atoms with Crippen LogP contribution >= 0.6 is 34.0 Å². The molecule has 0 spiro atoms. The van der Waals surface area contributed by atoms with Crippen LogP contribution in [0.5, 0.6) is 0 Å². The van der Waals surface area contributed by atoms with Gasteiger partial charge in [0.2, 0.25) is 0 Å². The second-order valence-corrected chi connectivity index (χ2v) is 10.7. The van der Waals surface area contributed by atoms with E-state index in [0.717, 1.165) is 13.1 Å². The van der Waals surface area contributed by atoms with Crippen LogP contribution in [0.3, 0.4) is 0 Å². The fourth-order valence-corrected chi connectivity index (χ4v) is 8.05. The lowest BCUT2D eigenvalue weighted by molar-refractivity contribution is 0.852. The van der Waals surface area contributed by atoms with E-state index in [1.54, 1.807) is 0 Å². The molecule has 0 radical (unpaired) electrons. The molecular weight excluding hydrogens is 437 g/mol. The van der Waals surface area contributed by atoms with E-state index in [1.807, 2.05) is 34.0 Å². The highest BCUT2D eigenvalue weighted by atomic mass is 32.1. The van der Waals surface area contributed by atoms with Crippen molar-refractivity contribution in [1.29, 1.82) is 0 Å². The minimum absolute atomic E-state index is 0.896. The van der Waals surface area contributed by atoms with E-state index in [0.29, 0.717) is 0 Å². The van der Waals surface area contributed by atoms with Gasteiger partial charge < -0.3 is 9.13 Å². The number of hydrogen-bond donors (Lipinski definition) is 0.